The number of hydrogen-bond acceptors (Lipinski definition) is 2. The highest BCUT2D eigenvalue weighted by atomic mass is 35.5. The Hall–Kier alpha value is -1.27. The van der Waals surface area contributed by atoms with Gasteiger partial charge in [0.1, 0.15) is 0 Å². The van der Waals surface area contributed by atoms with Crippen molar-refractivity contribution in [3.05, 3.63) is 35.4 Å². The number of benzene rings is 1. The first-order valence-electron chi connectivity index (χ1n) is 6.59. The zero-order valence-corrected chi connectivity index (χ0v) is 12.4. The van der Waals surface area contributed by atoms with Gasteiger partial charge in [-0.15, -0.1) is 12.4 Å². The van der Waals surface area contributed by atoms with Crippen molar-refractivity contribution in [2.45, 2.75) is 38.0 Å². The maximum atomic E-state index is 12.5. The first-order chi connectivity index (χ1) is 9.38. The molecule has 2 N–H and O–H groups in total. The van der Waals surface area contributed by atoms with Gasteiger partial charge in [-0.25, -0.2) is 0 Å². The Morgan fingerprint density at radius 3 is 2.43 bits per heavy atom. The highest BCUT2D eigenvalue weighted by Crippen LogP contribution is 2.29. The molecule has 2 atom stereocenters. The molecule has 0 aliphatic carbocycles. The van der Waals surface area contributed by atoms with Gasteiger partial charge >= 0.3 is 6.18 Å². The van der Waals surface area contributed by atoms with Gasteiger partial charge in [0.25, 0.3) is 0 Å². The normalized spacial score (nSPS) is 19.7. The average Bonchev–Trinajstić information content (AvgIpc) is 2.91. The number of amides is 1. The van der Waals surface area contributed by atoms with Crippen LogP contribution in [0.1, 0.15) is 36.9 Å². The number of rotatable bonds is 3. The van der Waals surface area contributed by atoms with Crippen LogP contribution in [0.2, 0.25) is 0 Å². The lowest BCUT2D eigenvalue weighted by atomic mass is 10.1. The van der Waals surface area contributed by atoms with E-state index in [1.807, 2.05) is 0 Å². The molecular weight excluding hydrogens is 305 g/mol. The van der Waals surface area contributed by atoms with E-state index in [1.54, 1.807) is 6.92 Å². The average molecular weight is 323 g/mol. The summed E-state index contributed by atoms with van der Waals surface area (Å²) in [5.41, 5.74) is -0.0263. The zero-order chi connectivity index (χ0) is 14.8. The van der Waals surface area contributed by atoms with Crippen molar-refractivity contribution >= 4 is 18.3 Å². The third-order valence-corrected chi connectivity index (χ3v) is 3.47. The Kier molecular flexibility index (Phi) is 6.04. The summed E-state index contributed by atoms with van der Waals surface area (Å²) >= 11 is 0. The van der Waals surface area contributed by atoms with Crippen molar-refractivity contribution in [1.29, 1.82) is 0 Å². The van der Waals surface area contributed by atoms with Crippen LogP contribution in [-0.4, -0.2) is 18.5 Å². The minimum Gasteiger partial charge on any atom is -0.348 e. The topological polar surface area (TPSA) is 41.1 Å². The Labute approximate surface area is 127 Å². The largest absolute Gasteiger partial charge is 0.416 e. The van der Waals surface area contributed by atoms with Gasteiger partial charge in [-0.05, 0) is 44.0 Å². The molecule has 3 nitrogen and oxygen atoms in total. The van der Waals surface area contributed by atoms with Gasteiger partial charge in [0.05, 0.1) is 17.6 Å². The van der Waals surface area contributed by atoms with Crippen LogP contribution in [0.25, 0.3) is 0 Å². The van der Waals surface area contributed by atoms with Gasteiger partial charge in [-0.1, -0.05) is 12.1 Å². The number of carbonyl (C=O) groups excluding carboxylic acids is 1. The summed E-state index contributed by atoms with van der Waals surface area (Å²) in [6, 6.07) is 4.36. The highest BCUT2D eigenvalue weighted by molar-refractivity contribution is 5.85. The fourth-order valence-electron chi connectivity index (χ4n) is 2.27. The van der Waals surface area contributed by atoms with Crippen LogP contribution in [0.3, 0.4) is 0 Å². The van der Waals surface area contributed by atoms with Gasteiger partial charge in [0.2, 0.25) is 5.91 Å². The van der Waals surface area contributed by atoms with Gasteiger partial charge in [-0.3, -0.25) is 4.79 Å². The van der Waals surface area contributed by atoms with E-state index in [1.165, 1.54) is 12.1 Å². The quantitative estimate of drug-likeness (QED) is 0.898. The second-order valence-electron chi connectivity index (χ2n) is 5.00. The third kappa shape index (κ3) is 4.61. The van der Waals surface area contributed by atoms with E-state index >= 15 is 0 Å². The lowest BCUT2D eigenvalue weighted by molar-refractivity contribution is -0.137. The predicted octanol–water partition coefficient (Wildman–Crippen LogP) is 3.06. The molecule has 0 saturated carbocycles. The van der Waals surface area contributed by atoms with E-state index in [2.05, 4.69) is 10.6 Å². The first kappa shape index (κ1) is 17.8. The molecule has 1 aliphatic heterocycles. The summed E-state index contributed by atoms with van der Waals surface area (Å²) in [6.45, 7) is 2.59. The maximum absolute atomic E-state index is 12.5. The monoisotopic (exact) mass is 322 g/mol. The second kappa shape index (κ2) is 7.13. The molecule has 1 amide bonds. The van der Waals surface area contributed by atoms with Crippen LogP contribution in [0, 0.1) is 0 Å². The molecular formula is C14H18ClF3N2O. The Bertz CT molecular complexity index is 470. The number of carbonyl (C=O) groups is 1. The smallest absolute Gasteiger partial charge is 0.348 e. The minimum absolute atomic E-state index is 0. The van der Waals surface area contributed by atoms with Gasteiger partial charge in [0.15, 0.2) is 0 Å². The molecule has 1 aromatic carbocycles. The van der Waals surface area contributed by atoms with E-state index in [9.17, 15) is 18.0 Å². The second-order valence-corrected chi connectivity index (χ2v) is 5.00. The van der Waals surface area contributed by atoms with Crippen LogP contribution in [0.5, 0.6) is 0 Å². The summed E-state index contributed by atoms with van der Waals surface area (Å²) < 4.78 is 37.4. The van der Waals surface area contributed by atoms with Crippen molar-refractivity contribution < 1.29 is 18.0 Å². The van der Waals surface area contributed by atoms with Crippen LogP contribution >= 0.6 is 12.4 Å². The van der Waals surface area contributed by atoms with E-state index < -0.39 is 11.7 Å². The van der Waals surface area contributed by atoms with Gasteiger partial charge < -0.3 is 10.6 Å². The van der Waals surface area contributed by atoms with Crippen molar-refractivity contribution in [2.24, 2.45) is 0 Å². The summed E-state index contributed by atoms with van der Waals surface area (Å²) in [5.74, 6) is -0.102. The lowest BCUT2D eigenvalue weighted by Gasteiger charge is -2.18. The van der Waals surface area contributed by atoms with Crippen LogP contribution in [-0.2, 0) is 11.0 Å². The summed E-state index contributed by atoms with van der Waals surface area (Å²) in [6.07, 6.45) is -2.57. The van der Waals surface area contributed by atoms with Gasteiger partial charge in [-0.2, -0.15) is 13.2 Å². The molecule has 0 radical (unpaired) electrons. The SMILES string of the molecule is CC(NC(=O)[C@@H]1CCCN1)c1ccc(C(F)(F)F)cc1.Cl. The Morgan fingerprint density at radius 2 is 1.95 bits per heavy atom. The lowest BCUT2D eigenvalue weighted by Crippen LogP contribution is -2.41. The Balaban J connectivity index is 0.00000220. The molecule has 21 heavy (non-hydrogen) atoms. The number of halogens is 4. The standard InChI is InChI=1S/C14H17F3N2O.ClH/c1-9(19-13(20)12-3-2-8-18-12)10-4-6-11(7-5-10)14(15,16)17;/h4-7,9,12,18H,2-3,8H2,1H3,(H,19,20);1H/t9?,12-;/m0./s1. The molecule has 1 heterocycles. The molecule has 1 aliphatic rings. The maximum Gasteiger partial charge on any atom is 0.416 e. The zero-order valence-electron chi connectivity index (χ0n) is 11.5. The predicted molar refractivity (Wildman–Crippen MR) is 76.3 cm³/mol. The van der Waals surface area contributed by atoms with Crippen molar-refractivity contribution in [3.8, 4) is 0 Å². The Morgan fingerprint density at radius 1 is 1.33 bits per heavy atom. The van der Waals surface area contributed by atoms with E-state index in [4.69, 9.17) is 0 Å². The molecule has 0 aromatic heterocycles. The minimum atomic E-state index is -4.33. The van der Waals surface area contributed by atoms with E-state index in [0.717, 1.165) is 31.5 Å². The number of hydrogen-bond donors (Lipinski definition) is 2. The number of nitrogens with one attached hydrogen (secondary N) is 2. The molecule has 0 bridgehead atoms. The molecule has 0 spiro atoms. The fourth-order valence-corrected chi connectivity index (χ4v) is 2.27. The van der Waals surface area contributed by atoms with Crippen molar-refractivity contribution in [1.82, 2.24) is 10.6 Å². The molecule has 2 rings (SSSR count). The third-order valence-electron chi connectivity index (χ3n) is 3.47. The number of alkyl halides is 3. The van der Waals surface area contributed by atoms with Crippen LogP contribution in [0.15, 0.2) is 24.3 Å². The van der Waals surface area contributed by atoms with Crippen molar-refractivity contribution in [3.63, 3.8) is 0 Å². The molecule has 118 valence electrons. The molecule has 1 fully saturated rings. The summed E-state index contributed by atoms with van der Waals surface area (Å²) in [5, 5.41) is 5.90. The van der Waals surface area contributed by atoms with Crippen LogP contribution in [0.4, 0.5) is 13.2 Å². The molecule has 1 aromatic rings. The highest BCUT2D eigenvalue weighted by Gasteiger charge is 2.30. The molecule has 1 unspecified atom stereocenters. The summed E-state index contributed by atoms with van der Waals surface area (Å²) in [7, 11) is 0. The fraction of sp³-hybridized carbons (Fsp3) is 0.500. The van der Waals surface area contributed by atoms with Crippen LogP contribution < -0.4 is 10.6 Å². The molecule has 7 heteroatoms. The summed E-state index contributed by atoms with van der Waals surface area (Å²) in [4.78, 5) is 11.9. The van der Waals surface area contributed by atoms with E-state index in [0.29, 0.717) is 5.56 Å². The van der Waals surface area contributed by atoms with E-state index in [-0.39, 0.29) is 30.4 Å². The van der Waals surface area contributed by atoms with Crippen molar-refractivity contribution in [2.75, 3.05) is 6.54 Å². The van der Waals surface area contributed by atoms with Gasteiger partial charge in [0, 0.05) is 0 Å². The molecule has 1 saturated heterocycles. The first-order valence-corrected chi connectivity index (χ1v) is 6.59.